The minimum absolute atomic E-state index is 0.288. The lowest BCUT2D eigenvalue weighted by atomic mass is 10.00. The summed E-state index contributed by atoms with van der Waals surface area (Å²) in [4.78, 5) is 4.46. The molecule has 0 unspecified atom stereocenters. The normalized spacial score (nSPS) is 15.2. The predicted octanol–water partition coefficient (Wildman–Crippen LogP) is 3.10. The second kappa shape index (κ2) is 9.89. The van der Waals surface area contributed by atoms with Gasteiger partial charge in [0.1, 0.15) is 24.7 Å². The minimum atomic E-state index is -0.520. The van der Waals surface area contributed by atoms with Crippen LogP contribution in [0.4, 0.5) is 0 Å². The van der Waals surface area contributed by atoms with Crippen LogP contribution in [0.25, 0.3) is 0 Å². The summed E-state index contributed by atoms with van der Waals surface area (Å²) in [7, 11) is 2.04. The molecular weight excluding hydrogens is 378 g/mol. The van der Waals surface area contributed by atoms with Crippen molar-refractivity contribution in [3.05, 3.63) is 83.2 Å². The number of ether oxygens (including phenoxy) is 1. The summed E-state index contributed by atoms with van der Waals surface area (Å²) in [5, 5.41) is 14.4. The van der Waals surface area contributed by atoms with E-state index in [2.05, 4.69) is 45.3 Å². The van der Waals surface area contributed by atoms with Gasteiger partial charge in [-0.05, 0) is 42.3 Å². The van der Waals surface area contributed by atoms with Gasteiger partial charge in [0.05, 0.1) is 5.69 Å². The Morgan fingerprint density at radius 3 is 2.83 bits per heavy atom. The summed E-state index contributed by atoms with van der Waals surface area (Å²) in [5.74, 6) is 0.783. The Balaban J connectivity index is 1.24. The zero-order valence-corrected chi connectivity index (χ0v) is 17.4. The number of fused-ring (bicyclic) bond motifs is 1. The van der Waals surface area contributed by atoms with Crippen molar-refractivity contribution in [1.29, 1.82) is 0 Å². The van der Waals surface area contributed by atoms with E-state index in [1.165, 1.54) is 11.1 Å². The molecule has 158 valence electrons. The van der Waals surface area contributed by atoms with Crippen LogP contribution in [-0.2, 0) is 26.1 Å². The Morgan fingerprint density at radius 2 is 2.00 bits per heavy atom. The Labute approximate surface area is 177 Å². The summed E-state index contributed by atoms with van der Waals surface area (Å²) in [6.45, 7) is 4.27. The van der Waals surface area contributed by atoms with Crippen molar-refractivity contribution in [2.75, 3.05) is 26.7 Å². The van der Waals surface area contributed by atoms with Crippen LogP contribution in [0.2, 0.25) is 0 Å². The van der Waals surface area contributed by atoms with Gasteiger partial charge in [0.2, 0.25) is 0 Å². The van der Waals surface area contributed by atoms with Gasteiger partial charge in [0, 0.05) is 38.8 Å². The van der Waals surface area contributed by atoms with Crippen LogP contribution in [0.5, 0.6) is 5.75 Å². The third-order valence-corrected chi connectivity index (χ3v) is 5.40. The number of aromatic nitrogens is 1. The van der Waals surface area contributed by atoms with E-state index in [-0.39, 0.29) is 6.61 Å². The molecule has 1 aliphatic rings. The van der Waals surface area contributed by atoms with Gasteiger partial charge >= 0.3 is 0 Å². The van der Waals surface area contributed by atoms with Crippen LogP contribution >= 0.6 is 0 Å². The molecule has 0 amide bonds. The van der Waals surface area contributed by atoms with E-state index < -0.39 is 6.10 Å². The van der Waals surface area contributed by atoms with Crippen molar-refractivity contribution in [1.82, 2.24) is 15.0 Å². The van der Waals surface area contributed by atoms with Crippen LogP contribution in [0, 0.1) is 0 Å². The number of hydrogen-bond acceptors (Lipinski definition) is 6. The number of benzene rings is 2. The second-order valence-corrected chi connectivity index (χ2v) is 8.03. The molecule has 2 aromatic carbocycles. The fourth-order valence-electron chi connectivity index (χ4n) is 3.95. The van der Waals surface area contributed by atoms with Crippen LogP contribution in [0.1, 0.15) is 22.4 Å². The molecule has 30 heavy (non-hydrogen) atoms. The van der Waals surface area contributed by atoms with Gasteiger partial charge in [-0.3, -0.25) is 9.80 Å². The predicted molar refractivity (Wildman–Crippen MR) is 115 cm³/mol. The third kappa shape index (κ3) is 5.69. The fourth-order valence-corrected chi connectivity index (χ4v) is 3.95. The van der Waals surface area contributed by atoms with Crippen LogP contribution in [0.15, 0.2) is 65.4 Å². The van der Waals surface area contributed by atoms with Crippen LogP contribution < -0.4 is 4.74 Å². The molecule has 4 rings (SSSR count). The minimum Gasteiger partial charge on any atom is -0.491 e. The molecular formula is C24H29N3O3. The van der Waals surface area contributed by atoms with Crippen molar-refractivity contribution < 1.29 is 14.4 Å². The van der Waals surface area contributed by atoms with E-state index in [4.69, 9.17) is 9.26 Å². The monoisotopic (exact) mass is 407 g/mol. The lowest BCUT2D eigenvalue weighted by Gasteiger charge is -2.30. The average molecular weight is 408 g/mol. The molecule has 0 radical (unpaired) electrons. The summed E-state index contributed by atoms with van der Waals surface area (Å²) in [5.41, 5.74) is 4.85. The Kier molecular flexibility index (Phi) is 6.79. The number of β-amino-alcohol motifs (C(OH)–C–C–N with tert-alkyl or cyclic N) is 1. The van der Waals surface area contributed by atoms with Gasteiger partial charge < -0.3 is 14.4 Å². The molecule has 3 aromatic rings. The van der Waals surface area contributed by atoms with E-state index in [0.29, 0.717) is 6.54 Å². The maximum absolute atomic E-state index is 10.5. The highest BCUT2D eigenvalue weighted by Gasteiger charge is 2.18. The maximum Gasteiger partial charge on any atom is 0.124 e. The molecule has 6 heteroatoms. The van der Waals surface area contributed by atoms with Crippen molar-refractivity contribution in [2.24, 2.45) is 0 Å². The van der Waals surface area contributed by atoms with Gasteiger partial charge in [-0.25, -0.2) is 0 Å². The topological polar surface area (TPSA) is 62.0 Å². The Morgan fingerprint density at radius 1 is 1.13 bits per heavy atom. The quantitative estimate of drug-likeness (QED) is 0.588. The number of aliphatic hydroxyl groups is 1. The molecule has 1 aliphatic heterocycles. The zero-order chi connectivity index (χ0) is 20.8. The van der Waals surface area contributed by atoms with Gasteiger partial charge in [-0.1, -0.05) is 41.6 Å². The number of aliphatic hydroxyl groups excluding tert-OH is 1. The first-order valence-corrected chi connectivity index (χ1v) is 10.4. The highest BCUT2D eigenvalue weighted by Crippen LogP contribution is 2.19. The van der Waals surface area contributed by atoms with Crippen molar-refractivity contribution in [2.45, 2.75) is 32.2 Å². The average Bonchev–Trinajstić information content (AvgIpc) is 3.25. The first-order valence-electron chi connectivity index (χ1n) is 10.4. The lowest BCUT2D eigenvalue weighted by Crippen LogP contribution is -2.38. The molecule has 1 atom stereocenters. The van der Waals surface area contributed by atoms with E-state index in [0.717, 1.165) is 49.6 Å². The van der Waals surface area contributed by atoms with Crippen LogP contribution in [0.3, 0.4) is 0 Å². The highest BCUT2D eigenvalue weighted by atomic mass is 16.5. The first-order chi connectivity index (χ1) is 14.7. The van der Waals surface area contributed by atoms with Crippen molar-refractivity contribution in [3.63, 3.8) is 0 Å². The molecule has 1 aromatic heterocycles. The molecule has 0 aliphatic carbocycles. The Hall–Kier alpha value is -2.67. The third-order valence-electron chi connectivity index (χ3n) is 5.40. The lowest BCUT2D eigenvalue weighted by molar-refractivity contribution is 0.0637. The first kappa shape index (κ1) is 20.6. The molecule has 2 heterocycles. The number of hydrogen-bond donors (Lipinski definition) is 1. The zero-order valence-electron chi connectivity index (χ0n) is 17.4. The molecule has 1 N–H and O–H groups in total. The number of rotatable bonds is 9. The SMILES string of the molecule is CN(Cc1cccc(OC[C@H](O)CN2CCc3ccccc3C2)c1)Cc1ccon1. The smallest absolute Gasteiger partial charge is 0.124 e. The fraction of sp³-hybridized carbons (Fsp3) is 0.375. The summed E-state index contributed by atoms with van der Waals surface area (Å²) in [6.07, 6.45) is 2.10. The molecule has 0 saturated carbocycles. The van der Waals surface area contributed by atoms with E-state index in [1.54, 1.807) is 6.26 Å². The van der Waals surface area contributed by atoms with Gasteiger partial charge in [0.15, 0.2) is 0 Å². The summed E-state index contributed by atoms with van der Waals surface area (Å²) >= 11 is 0. The largest absolute Gasteiger partial charge is 0.491 e. The summed E-state index contributed by atoms with van der Waals surface area (Å²) < 4.78 is 10.8. The Bertz CT molecular complexity index is 929. The molecule has 6 nitrogen and oxygen atoms in total. The highest BCUT2D eigenvalue weighted by molar-refractivity contribution is 5.29. The van der Waals surface area contributed by atoms with Crippen molar-refractivity contribution >= 4 is 0 Å². The van der Waals surface area contributed by atoms with E-state index >= 15 is 0 Å². The van der Waals surface area contributed by atoms with E-state index in [1.807, 2.05) is 31.3 Å². The van der Waals surface area contributed by atoms with Gasteiger partial charge in [0.25, 0.3) is 0 Å². The second-order valence-electron chi connectivity index (χ2n) is 8.03. The van der Waals surface area contributed by atoms with Crippen LogP contribution in [-0.4, -0.2) is 52.9 Å². The molecule has 0 spiro atoms. The van der Waals surface area contributed by atoms with Crippen molar-refractivity contribution in [3.8, 4) is 5.75 Å². The summed E-state index contributed by atoms with van der Waals surface area (Å²) in [6, 6.07) is 18.5. The van der Waals surface area contributed by atoms with E-state index in [9.17, 15) is 5.11 Å². The maximum atomic E-state index is 10.5. The van der Waals surface area contributed by atoms with Gasteiger partial charge in [-0.15, -0.1) is 0 Å². The molecule has 0 saturated heterocycles. The molecule has 0 fully saturated rings. The molecule has 0 bridgehead atoms. The standard InChI is InChI=1S/C24H29N3O3/c1-26(16-22-10-12-30-25-22)14-19-5-4-8-24(13-19)29-18-23(28)17-27-11-9-20-6-2-3-7-21(20)15-27/h2-8,10,12-13,23,28H,9,11,14-18H2,1H3/t23-/m1/s1. The number of nitrogens with zero attached hydrogens (tertiary/aromatic N) is 3. The van der Waals surface area contributed by atoms with Gasteiger partial charge in [-0.2, -0.15) is 0 Å².